The summed E-state index contributed by atoms with van der Waals surface area (Å²) in [7, 11) is -1.75. The number of nitriles is 1. The Balaban J connectivity index is 2.21. The minimum absolute atomic E-state index is 0.0708. The van der Waals surface area contributed by atoms with Crippen molar-refractivity contribution in [3.63, 3.8) is 0 Å². The molecule has 6 nitrogen and oxygen atoms in total. The zero-order valence-corrected chi connectivity index (χ0v) is 16.0. The molecule has 0 heterocycles. The molecule has 0 atom stereocenters. The lowest BCUT2D eigenvalue weighted by Gasteiger charge is -2.22. The number of benzene rings is 2. The summed E-state index contributed by atoms with van der Waals surface area (Å²) >= 11 is 0. The summed E-state index contributed by atoms with van der Waals surface area (Å²) in [5.41, 5.74) is 3.15. The predicted octanol–water partition coefficient (Wildman–Crippen LogP) is 2.66. The van der Waals surface area contributed by atoms with Crippen LogP contribution in [0.15, 0.2) is 47.4 Å². The Labute approximate surface area is 155 Å². The lowest BCUT2D eigenvalue weighted by molar-refractivity contribution is 0.265. The van der Waals surface area contributed by atoms with Crippen molar-refractivity contribution in [1.29, 1.82) is 5.26 Å². The third-order valence-electron chi connectivity index (χ3n) is 4.33. The average Bonchev–Trinajstić information content (AvgIpc) is 2.59. The summed E-state index contributed by atoms with van der Waals surface area (Å²) in [6, 6.07) is 14.8. The smallest absolute Gasteiger partial charge is 0.238 e. The average molecular weight is 372 g/mol. The third kappa shape index (κ3) is 5.05. The highest BCUT2D eigenvalue weighted by Gasteiger charge is 2.12. The van der Waals surface area contributed by atoms with E-state index in [1.54, 1.807) is 6.07 Å². The van der Waals surface area contributed by atoms with Crippen molar-refractivity contribution in [1.82, 2.24) is 4.90 Å². The number of primary sulfonamides is 1. The van der Waals surface area contributed by atoms with Crippen molar-refractivity contribution >= 4 is 15.7 Å². The minimum Gasteiger partial charge on any atom is -0.380 e. The summed E-state index contributed by atoms with van der Waals surface area (Å²) in [4.78, 5) is 2.18. The fourth-order valence-electron chi connectivity index (χ4n) is 2.47. The Morgan fingerprint density at radius 1 is 1.19 bits per heavy atom. The van der Waals surface area contributed by atoms with Gasteiger partial charge in [0.15, 0.2) is 0 Å². The molecule has 3 N–H and O–H groups in total. The molecule has 0 fully saturated rings. The number of anilines is 1. The number of hydrogen-bond donors (Lipinski definition) is 2. The van der Waals surface area contributed by atoms with Crippen LogP contribution in [0.5, 0.6) is 0 Å². The molecule has 7 heteroatoms. The van der Waals surface area contributed by atoms with E-state index in [-0.39, 0.29) is 10.5 Å². The number of nitrogens with zero attached hydrogens (tertiary/aromatic N) is 2. The lowest BCUT2D eigenvalue weighted by Crippen LogP contribution is -2.26. The summed E-state index contributed by atoms with van der Waals surface area (Å²) in [5.74, 6) is 0. The van der Waals surface area contributed by atoms with Gasteiger partial charge in [0.1, 0.15) is 6.07 Å². The number of hydrogen-bond acceptors (Lipinski definition) is 5. The van der Waals surface area contributed by atoms with Crippen molar-refractivity contribution in [3.8, 4) is 6.07 Å². The van der Waals surface area contributed by atoms with E-state index in [2.05, 4.69) is 37.2 Å². The van der Waals surface area contributed by atoms with Gasteiger partial charge in [-0.15, -0.1) is 0 Å². The first kappa shape index (κ1) is 19.9. The van der Waals surface area contributed by atoms with Crippen LogP contribution in [-0.4, -0.2) is 26.4 Å². The van der Waals surface area contributed by atoms with Gasteiger partial charge < -0.3 is 5.32 Å². The van der Waals surface area contributed by atoms with Crippen LogP contribution in [0, 0.1) is 11.3 Å². The van der Waals surface area contributed by atoms with Crippen molar-refractivity contribution < 1.29 is 8.42 Å². The molecule has 0 saturated carbocycles. The molecule has 2 aromatic rings. The van der Waals surface area contributed by atoms with Gasteiger partial charge in [0.25, 0.3) is 0 Å². The molecule has 26 heavy (non-hydrogen) atoms. The number of rotatable bonds is 7. The van der Waals surface area contributed by atoms with Gasteiger partial charge in [-0.3, -0.25) is 4.90 Å². The van der Waals surface area contributed by atoms with E-state index in [1.807, 2.05) is 24.3 Å². The van der Waals surface area contributed by atoms with Crippen molar-refractivity contribution in [3.05, 3.63) is 59.2 Å². The summed E-state index contributed by atoms with van der Waals surface area (Å²) in [6.07, 6.45) is 0. The maximum Gasteiger partial charge on any atom is 0.238 e. The van der Waals surface area contributed by atoms with Crippen molar-refractivity contribution in [2.24, 2.45) is 5.14 Å². The van der Waals surface area contributed by atoms with Crippen molar-refractivity contribution in [2.75, 3.05) is 12.4 Å². The first-order valence-corrected chi connectivity index (χ1v) is 9.85. The Morgan fingerprint density at radius 3 is 2.42 bits per heavy atom. The first-order chi connectivity index (χ1) is 12.2. The van der Waals surface area contributed by atoms with E-state index < -0.39 is 10.0 Å². The van der Waals surface area contributed by atoms with Crippen LogP contribution in [0.3, 0.4) is 0 Å². The summed E-state index contributed by atoms with van der Waals surface area (Å²) < 4.78 is 22.9. The van der Waals surface area contributed by atoms with Gasteiger partial charge in [0.2, 0.25) is 10.0 Å². The Morgan fingerprint density at radius 2 is 1.85 bits per heavy atom. The van der Waals surface area contributed by atoms with E-state index >= 15 is 0 Å². The summed E-state index contributed by atoms with van der Waals surface area (Å²) in [5, 5.41) is 17.7. The molecule has 0 spiro atoms. The molecule has 0 aliphatic carbocycles. The van der Waals surface area contributed by atoms with Crippen LogP contribution in [0.25, 0.3) is 0 Å². The number of sulfonamides is 1. The second-order valence-corrected chi connectivity index (χ2v) is 8.06. The molecule has 138 valence electrons. The van der Waals surface area contributed by atoms with Gasteiger partial charge >= 0.3 is 0 Å². The van der Waals surface area contributed by atoms with Gasteiger partial charge in [-0.1, -0.05) is 24.3 Å². The largest absolute Gasteiger partial charge is 0.380 e. The molecule has 0 aliphatic heterocycles. The first-order valence-electron chi connectivity index (χ1n) is 8.30. The van der Waals surface area contributed by atoms with Crippen LogP contribution in [0.4, 0.5) is 5.69 Å². The molecule has 0 bridgehead atoms. The fraction of sp³-hybridized carbons (Fsp3) is 0.316. The highest BCUT2D eigenvalue weighted by Crippen LogP contribution is 2.21. The van der Waals surface area contributed by atoms with E-state index in [9.17, 15) is 13.7 Å². The molecule has 0 aliphatic rings. The van der Waals surface area contributed by atoms with E-state index in [1.165, 1.54) is 17.7 Å². The Kier molecular flexibility index (Phi) is 6.37. The van der Waals surface area contributed by atoms with Gasteiger partial charge in [0, 0.05) is 19.1 Å². The third-order valence-corrected chi connectivity index (χ3v) is 5.24. The predicted molar refractivity (Wildman–Crippen MR) is 103 cm³/mol. The van der Waals surface area contributed by atoms with Gasteiger partial charge in [-0.2, -0.15) is 5.26 Å². The van der Waals surface area contributed by atoms with E-state index in [0.29, 0.717) is 18.3 Å². The quantitative estimate of drug-likeness (QED) is 0.778. The molecule has 0 aromatic heterocycles. The second kappa shape index (κ2) is 8.32. The number of nitrogens with two attached hydrogens (primary N) is 1. The monoisotopic (exact) mass is 372 g/mol. The maximum atomic E-state index is 11.4. The summed E-state index contributed by atoms with van der Waals surface area (Å²) in [6.45, 7) is 5.65. The molecular formula is C19H24N4O2S. The lowest BCUT2D eigenvalue weighted by atomic mass is 10.1. The topological polar surface area (TPSA) is 99.2 Å². The maximum absolute atomic E-state index is 11.4. The molecular weight excluding hydrogens is 348 g/mol. The fourth-order valence-corrected chi connectivity index (χ4v) is 3.01. The van der Waals surface area contributed by atoms with Gasteiger partial charge in [-0.25, -0.2) is 13.6 Å². The second-order valence-electron chi connectivity index (χ2n) is 6.50. The van der Waals surface area contributed by atoms with Crippen LogP contribution in [0.1, 0.15) is 30.5 Å². The van der Waals surface area contributed by atoms with Crippen LogP contribution in [-0.2, 0) is 23.1 Å². The van der Waals surface area contributed by atoms with Gasteiger partial charge in [0.05, 0.1) is 16.1 Å². The standard InChI is InChI=1S/C19H24N4O2S/c1-14(2)23(3)13-16-7-5-4-6-15(16)12-22-19-9-8-18(26(21,24)25)10-17(19)11-20/h4-10,14,22H,12-13H2,1-3H3,(H2,21,24,25). The Bertz CT molecular complexity index is 917. The van der Waals surface area contributed by atoms with Crippen molar-refractivity contribution in [2.45, 2.75) is 37.9 Å². The SMILES string of the molecule is CC(C)N(C)Cc1ccccc1CNc1ccc(S(N)(=O)=O)cc1C#N. The highest BCUT2D eigenvalue weighted by atomic mass is 32.2. The molecule has 0 amide bonds. The molecule has 0 radical (unpaired) electrons. The zero-order valence-electron chi connectivity index (χ0n) is 15.2. The van der Waals surface area contributed by atoms with E-state index in [4.69, 9.17) is 5.14 Å². The van der Waals surface area contributed by atoms with Gasteiger partial charge in [-0.05, 0) is 50.2 Å². The zero-order chi connectivity index (χ0) is 19.3. The van der Waals surface area contributed by atoms with E-state index in [0.717, 1.165) is 12.1 Å². The number of nitrogens with one attached hydrogen (secondary N) is 1. The van der Waals surface area contributed by atoms with Crippen LogP contribution < -0.4 is 10.5 Å². The minimum atomic E-state index is -3.83. The molecule has 2 aromatic carbocycles. The van der Waals surface area contributed by atoms with Crippen LogP contribution >= 0.6 is 0 Å². The molecule has 0 unspecified atom stereocenters. The molecule has 2 rings (SSSR count). The molecule has 0 saturated heterocycles. The normalized spacial score (nSPS) is 11.6. The highest BCUT2D eigenvalue weighted by molar-refractivity contribution is 7.89. The van der Waals surface area contributed by atoms with Crippen LogP contribution in [0.2, 0.25) is 0 Å². The Hall–Kier alpha value is -2.40.